The Hall–Kier alpha value is -1.69. The van der Waals surface area contributed by atoms with Crippen LogP contribution in [0, 0.1) is 11.8 Å². The largest absolute Gasteiger partial charge is 1.00 e. The highest BCUT2D eigenvalue weighted by Crippen LogP contribution is 2.62. The van der Waals surface area contributed by atoms with E-state index >= 15 is 0 Å². The Balaban J connectivity index is 0.00000157. The number of quaternary nitrogens is 1. The second-order valence-corrected chi connectivity index (χ2v) is 7.89. The molecule has 1 saturated carbocycles. The number of piperidine rings is 1. The van der Waals surface area contributed by atoms with E-state index in [2.05, 4.69) is 22.1 Å². The first-order chi connectivity index (χ1) is 11.7. The Morgan fingerprint density at radius 2 is 1.84 bits per heavy atom. The van der Waals surface area contributed by atoms with Crippen LogP contribution in [0.15, 0.2) is 41.1 Å². The Morgan fingerprint density at radius 3 is 2.40 bits per heavy atom. The summed E-state index contributed by atoms with van der Waals surface area (Å²) in [4.78, 5) is 27.1. The van der Waals surface area contributed by atoms with Gasteiger partial charge in [-0.25, -0.2) is 0 Å². The summed E-state index contributed by atoms with van der Waals surface area (Å²) in [5.41, 5.74) is 2.39. The monoisotopic (exact) mass is 374 g/mol. The van der Waals surface area contributed by atoms with Gasteiger partial charge in [0, 0.05) is 24.3 Å². The zero-order chi connectivity index (χ0) is 16.3. The van der Waals surface area contributed by atoms with Crippen molar-refractivity contribution >= 4 is 23.2 Å². The van der Waals surface area contributed by atoms with Crippen LogP contribution in [0.3, 0.4) is 0 Å². The number of fused-ring (bicyclic) bond motifs is 2. The van der Waals surface area contributed by atoms with Gasteiger partial charge in [0.05, 0.1) is 24.2 Å². The van der Waals surface area contributed by atoms with Crippen molar-refractivity contribution in [3.63, 3.8) is 0 Å². The molecule has 2 fully saturated rings. The van der Waals surface area contributed by atoms with Crippen LogP contribution in [-0.4, -0.2) is 36.3 Å². The van der Waals surface area contributed by atoms with E-state index in [0.717, 1.165) is 13.1 Å². The third-order valence-corrected chi connectivity index (χ3v) is 6.84. The number of nitrogens with two attached hydrogens (primary N) is 1. The number of carbonyl (C=O) groups is 2. The topological polar surface area (TPSA) is 54.0 Å². The molecule has 5 rings (SSSR count). The standard InChI is InChI=1S/C19H18N2O2S.ClH/c22-17-13-3-1-2-4-14(13)18(23)21(17)11-19(12-6-8-24-10-12)15-5-7-20-9-16(15)19;/h1-4,6,8,10,15-16,20H,5,7,9,11H2;1H. The first-order valence-corrected chi connectivity index (χ1v) is 9.47. The molecule has 1 aromatic carbocycles. The minimum Gasteiger partial charge on any atom is -1.00 e. The molecule has 3 aliphatic rings. The lowest BCUT2D eigenvalue weighted by atomic mass is 9.92. The molecule has 130 valence electrons. The summed E-state index contributed by atoms with van der Waals surface area (Å²) in [7, 11) is 0. The average Bonchev–Trinajstić information content (AvgIpc) is 2.93. The number of hydrogen-bond donors (Lipinski definition) is 1. The van der Waals surface area contributed by atoms with Crippen molar-refractivity contribution in [3.8, 4) is 0 Å². The average molecular weight is 375 g/mol. The molecule has 1 aromatic heterocycles. The predicted molar refractivity (Wildman–Crippen MR) is 91.1 cm³/mol. The van der Waals surface area contributed by atoms with E-state index in [9.17, 15) is 9.59 Å². The molecule has 2 aromatic rings. The van der Waals surface area contributed by atoms with E-state index in [1.807, 2.05) is 12.1 Å². The van der Waals surface area contributed by atoms with Crippen LogP contribution in [0.5, 0.6) is 0 Å². The van der Waals surface area contributed by atoms with Crippen LogP contribution >= 0.6 is 11.3 Å². The molecule has 6 heteroatoms. The second-order valence-electron chi connectivity index (χ2n) is 7.11. The molecule has 0 radical (unpaired) electrons. The fraction of sp³-hybridized carbons (Fsp3) is 0.368. The van der Waals surface area contributed by atoms with Crippen molar-refractivity contribution in [2.24, 2.45) is 11.8 Å². The lowest BCUT2D eigenvalue weighted by Crippen LogP contribution is -3.00. The van der Waals surface area contributed by atoms with Gasteiger partial charge in [-0.1, -0.05) is 12.1 Å². The molecule has 3 atom stereocenters. The van der Waals surface area contributed by atoms with Crippen molar-refractivity contribution in [1.82, 2.24) is 4.90 Å². The number of amides is 2. The third-order valence-electron chi connectivity index (χ3n) is 6.16. The molecular weight excluding hydrogens is 356 g/mol. The minimum absolute atomic E-state index is 0. The maximum atomic E-state index is 12.8. The van der Waals surface area contributed by atoms with E-state index in [1.54, 1.807) is 23.5 Å². The van der Waals surface area contributed by atoms with Gasteiger partial charge in [0.15, 0.2) is 0 Å². The molecule has 1 aliphatic carbocycles. The Bertz CT molecular complexity index is 789. The number of thiophene rings is 1. The molecule has 25 heavy (non-hydrogen) atoms. The first-order valence-electron chi connectivity index (χ1n) is 8.53. The Morgan fingerprint density at radius 1 is 1.12 bits per heavy atom. The van der Waals surface area contributed by atoms with Crippen LogP contribution in [-0.2, 0) is 5.41 Å². The number of imide groups is 1. The van der Waals surface area contributed by atoms with Gasteiger partial charge in [0.1, 0.15) is 0 Å². The number of halogens is 1. The molecule has 0 bridgehead atoms. The van der Waals surface area contributed by atoms with Crippen LogP contribution in [0.25, 0.3) is 0 Å². The van der Waals surface area contributed by atoms with Crippen LogP contribution in [0.1, 0.15) is 32.7 Å². The highest BCUT2D eigenvalue weighted by atomic mass is 35.5. The number of nitrogens with zero attached hydrogens (tertiary/aromatic N) is 1. The second kappa shape index (κ2) is 5.94. The van der Waals surface area contributed by atoms with Gasteiger partial charge >= 0.3 is 0 Å². The van der Waals surface area contributed by atoms with E-state index in [0.29, 0.717) is 29.5 Å². The van der Waals surface area contributed by atoms with Crippen molar-refractivity contribution in [2.45, 2.75) is 11.8 Å². The number of rotatable bonds is 3. The van der Waals surface area contributed by atoms with E-state index in [4.69, 9.17) is 0 Å². The molecule has 3 heterocycles. The van der Waals surface area contributed by atoms with Crippen molar-refractivity contribution in [1.29, 1.82) is 0 Å². The molecule has 1 saturated heterocycles. The van der Waals surface area contributed by atoms with Gasteiger partial charge in [-0.15, -0.1) is 0 Å². The maximum Gasteiger partial charge on any atom is 0.261 e. The number of benzene rings is 1. The summed E-state index contributed by atoms with van der Waals surface area (Å²) in [6, 6.07) is 9.37. The van der Waals surface area contributed by atoms with Crippen molar-refractivity contribution < 1.29 is 27.3 Å². The van der Waals surface area contributed by atoms with E-state index in [1.165, 1.54) is 16.9 Å². The summed E-state index contributed by atoms with van der Waals surface area (Å²) >= 11 is 1.70. The number of carbonyl (C=O) groups excluding carboxylic acids is 2. The van der Waals surface area contributed by atoms with Crippen molar-refractivity contribution in [2.75, 3.05) is 19.6 Å². The molecule has 2 aliphatic heterocycles. The van der Waals surface area contributed by atoms with Gasteiger partial charge < -0.3 is 17.7 Å². The summed E-state index contributed by atoms with van der Waals surface area (Å²) in [5, 5.41) is 6.68. The molecule has 0 spiro atoms. The van der Waals surface area contributed by atoms with Gasteiger partial charge in [-0.2, -0.15) is 11.3 Å². The summed E-state index contributed by atoms with van der Waals surface area (Å²) in [6.45, 7) is 2.78. The minimum atomic E-state index is -0.127. The van der Waals surface area contributed by atoms with Gasteiger partial charge in [-0.3, -0.25) is 14.5 Å². The highest BCUT2D eigenvalue weighted by molar-refractivity contribution is 7.08. The van der Waals surface area contributed by atoms with Crippen LogP contribution < -0.4 is 17.7 Å². The van der Waals surface area contributed by atoms with Gasteiger partial charge in [-0.05, 0) is 40.4 Å². The molecular formula is C19H19ClN2O2S. The van der Waals surface area contributed by atoms with Crippen LogP contribution in [0.2, 0.25) is 0 Å². The van der Waals surface area contributed by atoms with E-state index in [-0.39, 0.29) is 29.6 Å². The fourth-order valence-corrected chi connectivity index (χ4v) is 5.71. The zero-order valence-electron chi connectivity index (χ0n) is 13.7. The van der Waals surface area contributed by atoms with Crippen molar-refractivity contribution in [3.05, 3.63) is 57.8 Å². The lowest BCUT2D eigenvalue weighted by Gasteiger charge is -2.23. The molecule has 3 unspecified atom stereocenters. The lowest BCUT2D eigenvalue weighted by molar-refractivity contribution is -0.664. The SMILES string of the molecule is O=C1c2ccccc2C(=O)N1CC1(c2ccsc2)C2CC[NH2+]CC21.[Cl-]. The fourth-order valence-electron chi connectivity index (χ4n) is 4.96. The van der Waals surface area contributed by atoms with Crippen LogP contribution in [0.4, 0.5) is 0 Å². The normalized spacial score (nSPS) is 29.8. The van der Waals surface area contributed by atoms with Gasteiger partial charge in [0.2, 0.25) is 0 Å². The third kappa shape index (κ3) is 2.23. The zero-order valence-corrected chi connectivity index (χ0v) is 15.2. The van der Waals surface area contributed by atoms with E-state index < -0.39 is 0 Å². The predicted octanol–water partition coefficient (Wildman–Crippen LogP) is -1.50. The summed E-state index contributed by atoms with van der Waals surface area (Å²) in [6.07, 6.45) is 1.17. The maximum absolute atomic E-state index is 12.8. The summed E-state index contributed by atoms with van der Waals surface area (Å²) < 4.78 is 0. The molecule has 4 nitrogen and oxygen atoms in total. The Kier molecular flexibility index (Phi) is 3.98. The highest BCUT2D eigenvalue weighted by Gasteiger charge is 2.68. The number of hydrogen-bond acceptors (Lipinski definition) is 3. The molecule has 2 N–H and O–H groups in total. The quantitative estimate of drug-likeness (QED) is 0.665. The molecule has 2 amide bonds. The smallest absolute Gasteiger partial charge is 0.261 e. The summed E-state index contributed by atoms with van der Waals surface area (Å²) in [5.74, 6) is 0.919. The first kappa shape index (κ1) is 16.8. The Labute approximate surface area is 156 Å². The van der Waals surface area contributed by atoms with Gasteiger partial charge in [0.25, 0.3) is 11.8 Å².